The van der Waals surface area contributed by atoms with Crippen molar-refractivity contribution in [3.63, 3.8) is 0 Å². The van der Waals surface area contributed by atoms with Gasteiger partial charge in [-0.3, -0.25) is 0 Å². The highest BCUT2D eigenvalue weighted by atomic mass is 35.5. The average Bonchev–Trinajstić information content (AvgIpc) is 3.14. The minimum Gasteiger partial charge on any atom is -0.488 e. The number of rotatable bonds is 5. The maximum Gasteiger partial charge on any atom is 0.426 e. The molecule has 0 saturated heterocycles. The number of hydrogen-bond acceptors (Lipinski definition) is 3. The van der Waals surface area contributed by atoms with Crippen LogP contribution >= 0.6 is 11.6 Å². The summed E-state index contributed by atoms with van der Waals surface area (Å²) in [7, 11) is 0. The van der Waals surface area contributed by atoms with Crippen molar-refractivity contribution < 1.29 is 27.4 Å². The van der Waals surface area contributed by atoms with E-state index in [0.29, 0.717) is 11.2 Å². The number of benzene rings is 3. The van der Waals surface area contributed by atoms with Crippen molar-refractivity contribution in [2.75, 3.05) is 6.61 Å². The van der Waals surface area contributed by atoms with Gasteiger partial charge in [-0.15, -0.1) is 0 Å². The molecule has 0 saturated carbocycles. The van der Waals surface area contributed by atoms with Gasteiger partial charge >= 0.3 is 6.18 Å². The fraction of sp³-hybridized carbons (Fsp3) is 0.174. The van der Waals surface area contributed by atoms with Crippen molar-refractivity contribution in [1.82, 2.24) is 9.78 Å². The highest BCUT2D eigenvalue weighted by molar-refractivity contribution is 6.32. The summed E-state index contributed by atoms with van der Waals surface area (Å²) in [4.78, 5) is 0. The van der Waals surface area contributed by atoms with Crippen LogP contribution in [0, 0.1) is 12.7 Å². The summed E-state index contributed by atoms with van der Waals surface area (Å²) in [5.74, 6) is -0.489. The summed E-state index contributed by atoms with van der Waals surface area (Å²) < 4.78 is 62.5. The van der Waals surface area contributed by atoms with Gasteiger partial charge in [-0.1, -0.05) is 35.9 Å². The fourth-order valence-electron chi connectivity index (χ4n) is 3.34. The van der Waals surface area contributed by atoms with E-state index in [9.17, 15) is 22.7 Å². The molecule has 32 heavy (non-hydrogen) atoms. The van der Waals surface area contributed by atoms with Gasteiger partial charge in [0, 0.05) is 5.39 Å². The van der Waals surface area contributed by atoms with Crippen LogP contribution in [0.3, 0.4) is 0 Å². The van der Waals surface area contributed by atoms with Crippen LogP contribution in [0.15, 0.2) is 66.7 Å². The fourth-order valence-corrected chi connectivity index (χ4v) is 3.51. The van der Waals surface area contributed by atoms with E-state index in [4.69, 9.17) is 16.3 Å². The molecule has 1 aromatic heterocycles. The van der Waals surface area contributed by atoms with Gasteiger partial charge in [0.25, 0.3) is 0 Å². The lowest BCUT2D eigenvalue weighted by molar-refractivity contribution is -0.276. The molecule has 0 fully saturated rings. The lowest BCUT2D eigenvalue weighted by atomic mass is 9.97. The molecule has 0 spiro atoms. The van der Waals surface area contributed by atoms with E-state index in [1.54, 1.807) is 25.1 Å². The Morgan fingerprint density at radius 2 is 1.72 bits per heavy atom. The van der Waals surface area contributed by atoms with Gasteiger partial charge in [-0.25, -0.2) is 9.07 Å². The lowest BCUT2D eigenvalue weighted by Crippen LogP contribution is -2.47. The predicted octanol–water partition coefficient (Wildman–Crippen LogP) is 5.96. The van der Waals surface area contributed by atoms with E-state index in [-0.39, 0.29) is 16.2 Å². The molecule has 1 heterocycles. The van der Waals surface area contributed by atoms with Gasteiger partial charge in [0.1, 0.15) is 23.9 Å². The number of alkyl halides is 3. The molecule has 4 rings (SSSR count). The van der Waals surface area contributed by atoms with Crippen LogP contribution in [0.25, 0.3) is 16.6 Å². The number of hydrogen-bond donors (Lipinski definition) is 1. The second kappa shape index (κ2) is 8.11. The number of ether oxygens (including phenoxy) is 1. The van der Waals surface area contributed by atoms with Crippen LogP contribution in [-0.4, -0.2) is 27.7 Å². The number of aliphatic hydroxyl groups is 1. The molecule has 4 nitrogen and oxygen atoms in total. The van der Waals surface area contributed by atoms with E-state index >= 15 is 0 Å². The highest BCUT2D eigenvalue weighted by Gasteiger charge is 2.58. The molecule has 1 N–H and O–H groups in total. The Balaban J connectivity index is 1.84. The molecule has 0 aliphatic carbocycles. The summed E-state index contributed by atoms with van der Waals surface area (Å²) in [6, 6.07) is 15.9. The number of halogens is 5. The highest BCUT2D eigenvalue weighted by Crippen LogP contribution is 2.42. The van der Waals surface area contributed by atoms with Crippen molar-refractivity contribution in [3.05, 3.63) is 88.8 Å². The summed E-state index contributed by atoms with van der Waals surface area (Å²) in [6.45, 7) is 0.571. The Kier molecular flexibility index (Phi) is 5.60. The molecule has 0 aliphatic rings. The molecule has 0 aliphatic heterocycles. The summed E-state index contributed by atoms with van der Waals surface area (Å²) in [5.41, 5.74) is -2.70. The number of nitrogens with zero attached hydrogens (tertiary/aromatic N) is 2. The second-order valence-corrected chi connectivity index (χ2v) is 7.74. The van der Waals surface area contributed by atoms with Gasteiger partial charge in [-0.2, -0.15) is 18.3 Å². The van der Waals surface area contributed by atoms with E-state index < -0.39 is 29.9 Å². The SMILES string of the molecule is Cc1ccc(Cl)c(OCC(O)(c2nn(-c3ccc(F)cc3)c3ccccc23)C(F)(F)F)c1. The Hall–Kier alpha value is -3.10. The monoisotopic (exact) mass is 464 g/mol. The third-order valence-corrected chi connectivity index (χ3v) is 5.35. The number of aromatic nitrogens is 2. The molecular formula is C23H17ClF4N2O2. The van der Waals surface area contributed by atoms with Gasteiger partial charge < -0.3 is 9.84 Å². The zero-order valence-corrected chi connectivity index (χ0v) is 17.5. The van der Waals surface area contributed by atoms with Gasteiger partial charge in [0.05, 0.1) is 16.2 Å². The summed E-state index contributed by atoms with van der Waals surface area (Å²) in [6.07, 6.45) is -5.12. The smallest absolute Gasteiger partial charge is 0.426 e. The molecule has 9 heteroatoms. The first-order valence-electron chi connectivity index (χ1n) is 9.52. The van der Waals surface area contributed by atoms with Gasteiger partial charge in [-0.05, 0) is 55.0 Å². The molecular weight excluding hydrogens is 448 g/mol. The first-order valence-corrected chi connectivity index (χ1v) is 9.90. The van der Waals surface area contributed by atoms with Crippen LogP contribution in [0.1, 0.15) is 11.3 Å². The standard InChI is InChI=1S/C23H17ClF4N2O2/c1-14-6-11-18(24)20(12-14)32-13-22(31,23(26,27)28)21-17-4-2-3-5-19(17)30(29-21)16-9-7-15(25)8-10-16/h2-12,31H,13H2,1H3. The largest absolute Gasteiger partial charge is 0.488 e. The van der Waals surface area contributed by atoms with Crippen LogP contribution in [-0.2, 0) is 5.60 Å². The van der Waals surface area contributed by atoms with Crippen molar-refractivity contribution in [3.8, 4) is 11.4 Å². The van der Waals surface area contributed by atoms with Crippen LogP contribution in [0.2, 0.25) is 5.02 Å². The zero-order valence-electron chi connectivity index (χ0n) is 16.7. The quantitative estimate of drug-likeness (QED) is 0.371. The normalized spacial score (nSPS) is 13.8. The number of fused-ring (bicyclic) bond motifs is 1. The van der Waals surface area contributed by atoms with Gasteiger partial charge in [0.15, 0.2) is 0 Å². The van der Waals surface area contributed by atoms with Crippen molar-refractivity contribution in [2.45, 2.75) is 18.7 Å². The van der Waals surface area contributed by atoms with E-state index in [1.807, 2.05) is 0 Å². The van der Waals surface area contributed by atoms with Crippen molar-refractivity contribution in [2.24, 2.45) is 0 Å². The molecule has 1 unspecified atom stereocenters. The Labute approximate surface area is 185 Å². The second-order valence-electron chi connectivity index (χ2n) is 7.33. The van der Waals surface area contributed by atoms with E-state index in [1.165, 1.54) is 53.2 Å². The molecule has 3 aromatic carbocycles. The van der Waals surface area contributed by atoms with Crippen molar-refractivity contribution in [1.29, 1.82) is 0 Å². The first-order chi connectivity index (χ1) is 15.1. The van der Waals surface area contributed by atoms with Crippen LogP contribution in [0.5, 0.6) is 5.75 Å². The third-order valence-electron chi connectivity index (χ3n) is 5.04. The maximum atomic E-state index is 14.2. The third kappa shape index (κ3) is 3.91. The Morgan fingerprint density at radius 3 is 2.41 bits per heavy atom. The first kappa shape index (κ1) is 22.1. The minimum absolute atomic E-state index is 0.0108. The molecule has 0 amide bonds. The molecule has 4 aromatic rings. The molecule has 0 bridgehead atoms. The predicted molar refractivity (Wildman–Crippen MR) is 113 cm³/mol. The van der Waals surface area contributed by atoms with Crippen LogP contribution in [0.4, 0.5) is 17.6 Å². The maximum absolute atomic E-state index is 14.2. The zero-order chi connectivity index (χ0) is 23.1. The summed E-state index contributed by atoms with van der Waals surface area (Å²) in [5, 5.41) is 15.2. The molecule has 166 valence electrons. The lowest BCUT2D eigenvalue weighted by Gasteiger charge is -2.29. The van der Waals surface area contributed by atoms with Gasteiger partial charge in [0.2, 0.25) is 5.60 Å². The van der Waals surface area contributed by atoms with E-state index in [2.05, 4.69) is 5.10 Å². The van der Waals surface area contributed by atoms with Crippen LogP contribution < -0.4 is 4.74 Å². The average molecular weight is 465 g/mol. The van der Waals surface area contributed by atoms with E-state index in [0.717, 1.165) is 5.56 Å². The minimum atomic E-state index is -5.12. The Bertz CT molecular complexity index is 1270. The topological polar surface area (TPSA) is 47.3 Å². The molecule has 1 atom stereocenters. The molecule has 0 radical (unpaired) electrons. The van der Waals surface area contributed by atoms with Crippen molar-refractivity contribution >= 4 is 22.5 Å². The number of para-hydroxylation sites is 1. The Morgan fingerprint density at radius 1 is 1.03 bits per heavy atom. The number of aryl methyl sites for hydroxylation is 1. The summed E-state index contributed by atoms with van der Waals surface area (Å²) >= 11 is 6.04.